The Kier molecular flexibility index (Phi) is 3.90. The van der Waals surface area contributed by atoms with E-state index in [0.29, 0.717) is 22.4 Å². The van der Waals surface area contributed by atoms with Crippen molar-refractivity contribution >= 4 is 22.8 Å². The first-order chi connectivity index (χ1) is 11.1. The van der Waals surface area contributed by atoms with Crippen molar-refractivity contribution in [1.82, 2.24) is 10.3 Å². The lowest BCUT2D eigenvalue weighted by molar-refractivity contribution is 0.0692. The standard InChI is InChI=1S/C17H18N2O4/c1-18-15(20)13-11(9-4-3-5-9)7-6-10-8-12(17(21)22)16(23-2)19-14(10)13/h6-9H,3-5H2,1-2H3,(H,18,20)(H,21,22). The van der Waals surface area contributed by atoms with Gasteiger partial charge in [0.05, 0.1) is 18.2 Å². The van der Waals surface area contributed by atoms with E-state index in [4.69, 9.17) is 4.74 Å². The third-order valence-corrected chi connectivity index (χ3v) is 4.41. The molecule has 6 heteroatoms. The van der Waals surface area contributed by atoms with E-state index in [1.54, 1.807) is 7.05 Å². The van der Waals surface area contributed by atoms with Gasteiger partial charge in [0.15, 0.2) is 0 Å². The molecule has 1 aliphatic rings. The summed E-state index contributed by atoms with van der Waals surface area (Å²) in [6.45, 7) is 0. The molecule has 1 aromatic carbocycles. The largest absolute Gasteiger partial charge is 0.480 e. The zero-order valence-electron chi connectivity index (χ0n) is 13.0. The minimum Gasteiger partial charge on any atom is -0.480 e. The van der Waals surface area contributed by atoms with E-state index in [9.17, 15) is 14.7 Å². The normalized spacial score (nSPS) is 14.3. The molecule has 1 fully saturated rings. The average molecular weight is 314 g/mol. The van der Waals surface area contributed by atoms with E-state index >= 15 is 0 Å². The van der Waals surface area contributed by atoms with Gasteiger partial charge in [0, 0.05) is 12.4 Å². The fourth-order valence-electron chi connectivity index (χ4n) is 2.97. The van der Waals surface area contributed by atoms with Gasteiger partial charge in [-0.25, -0.2) is 9.78 Å². The van der Waals surface area contributed by atoms with Gasteiger partial charge >= 0.3 is 5.97 Å². The van der Waals surface area contributed by atoms with Crippen molar-refractivity contribution in [3.05, 3.63) is 34.9 Å². The second-order valence-corrected chi connectivity index (χ2v) is 5.66. The lowest BCUT2D eigenvalue weighted by Gasteiger charge is -2.28. The minimum atomic E-state index is -1.11. The van der Waals surface area contributed by atoms with Crippen LogP contribution in [0.3, 0.4) is 0 Å². The number of nitrogens with zero attached hydrogens (tertiary/aromatic N) is 1. The molecule has 2 aromatic rings. The molecule has 1 aromatic heterocycles. The molecule has 6 nitrogen and oxygen atoms in total. The Morgan fingerprint density at radius 1 is 1.35 bits per heavy atom. The van der Waals surface area contributed by atoms with E-state index in [-0.39, 0.29) is 17.4 Å². The number of fused-ring (bicyclic) bond motifs is 1. The number of ether oxygens (including phenoxy) is 1. The van der Waals surface area contributed by atoms with Crippen LogP contribution in [0, 0.1) is 0 Å². The molecule has 1 heterocycles. The molecule has 1 saturated carbocycles. The van der Waals surface area contributed by atoms with Crippen LogP contribution in [-0.4, -0.2) is 36.1 Å². The molecule has 0 aliphatic heterocycles. The number of pyridine rings is 1. The number of nitrogens with one attached hydrogen (secondary N) is 1. The predicted molar refractivity (Wildman–Crippen MR) is 85.2 cm³/mol. The number of amides is 1. The first-order valence-corrected chi connectivity index (χ1v) is 7.53. The van der Waals surface area contributed by atoms with Crippen LogP contribution in [0.2, 0.25) is 0 Å². The van der Waals surface area contributed by atoms with Gasteiger partial charge in [0.1, 0.15) is 5.56 Å². The number of hydrogen-bond acceptors (Lipinski definition) is 4. The number of rotatable bonds is 4. The summed E-state index contributed by atoms with van der Waals surface area (Å²) in [5.41, 5.74) is 1.96. The maximum atomic E-state index is 12.4. The summed E-state index contributed by atoms with van der Waals surface area (Å²) < 4.78 is 5.10. The smallest absolute Gasteiger partial charge is 0.341 e. The van der Waals surface area contributed by atoms with Crippen LogP contribution in [0.5, 0.6) is 5.88 Å². The maximum absolute atomic E-state index is 12.4. The third-order valence-electron chi connectivity index (χ3n) is 4.41. The molecule has 0 unspecified atom stereocenters. The predicted octanol–water partition coefficient (Wildman–Crippen LogP) is 2.57. The van der Waals surface area contributed by atoms with E-state index < -0.39 is 5.97 Å². The second kappa shape index (κ2) is 5.87. The molecule has 2 N–H and O–H groups in total. The number of benzene rings is 1. The zero-order valence-corrected chi connectivity index (χ0v) is 13.0. The van der Waals surface area contributed by atoms with E-state index in [1.807, 2.05) is 12.1 Å². The van der Waals surface area contributed by atoms with Crippen LogP contribution in [0.4, 0.5) is 0 Å². The maximum Gasteiger partial charge on any atom is 0.341 e. The van der Waals surface area contributed by atoms with Crippen molar-refractivity contribution in [2.75, 3.05) is 14.2 Å². The quantitative estimate of drug-likeness (QED) is 0.905. The van der Waals surface area contributed by atoms with Gasteiger partial charge in [-0.2, -0.15) is 0 Å². The van der Waals surface area contributed by atoms with Crippen LogP contribution in [0.15, 0.2) is 18.2 Å². The molecule has 1 aliphatic carbocycles. The molecule has 0 saturated heterocycles. The Hall–Kier alpha value is -2.63. The molecular formula is C17H18N2O4. The van der Waals surface area contributed by atoms with E-state index in [1.165, 1.54) is 13.2 Å². The molecule has 23 heavy (non-hydrogen) atoms. The van der Waals surface area contributed by atoms with Crippen molar-refractivity contribution in [2.24, 2.45) is 0 Å². The van der Waals surface area contributed by atoms with E-state index in [0.717, 1.165) is 24.8 Å². The van der Waals surface area contributed by atoms with Crippen molar-refractivity contribution in [3.63, 3.8) is 0 Å². The molecule has 0 atom stereocenters. The van der Waals surface area contributed by atoms with Gasteiger partial charge in [-0.05, 0) is 30.4 Å². The lowest BCUT2D eigenvalue weighted by atomic mass is 9.77. The molecule has 1 amide bonds. The number of carbonyl (C=O) groups excluding carboxylic acids is 1. The fourth-order valence-corrected chi connectivity index (χ4v) is 2.97. The Bertz CT molecular complexity index is 797. The van der Waals surface area contributed by atoms with Gasteiger partial charge < -0.3 is 15.2 Å². The highest BCUT2D eigenvalue weighted by molar-refractivity contribution is 6.08. The summed E-state index contributed by atoms with van der Waals surface area (Å²) >= 11 is 0. The van der Waals surface area contributed by atoms with Gasteiger partial charge in [0.2, 0.25) is 5.88 Å². The van der Waals surface area contributed by atoms with Gasteiger partial charge in [-0.15, -0.1) is 0 Å². The van der Waals surface area contributed by atoms with Crippen LogP contribution in [0.1, 0.15) is 51.5 Å². The number of methoxy groups -OCH3 is 1. The molecule has 0 spiro atoms. The van der Waals surface area contributed by atoms with Crippen LogP contribution in [0.25, 0.3) is 10.9 Å². The Morgan fingerprint density at radius 3 is 2.61 bits per heavy atom. The molecular weight excluding hydrogens is 296 g/mol. The van der Waals surface area contributed by atoms with Crippen molar-refractivity contribution in [1.29, 1.82) is 0 Å². The minimum absolute atomic E-state index is 0.0146. The van der Waals surface area contributed by atoms with Gasteiger partial charge in [0.25, 0.3) is 5.91 Å². The van der Waals surface area contributed by atoms with Crippen LogP contribution in [-0.2, 0) is 0 Å². The molecule has 0 bridgehead atoms. The third kappa shape index (κ3) is 2.50. The summed E-state index contributed by atoms with van der Waals surface area (Å²) in [5.74, 6) is -0.949. The first-order valence-electron chi connectivity index (χ1n) is 7.53. The number of aromatic carboxylic acids is 1. The Labute approximate surface area is 133 Å². The van der Waals surface area contributed by atoms with E-state index in [2.05, 4.69) is 10.3 Å². The van der Waals surface area contributed by atoms with Gasteiger partial charge in [-0.1, -0.05) is 18.6 Å². The van der Waals surface area contributed by atoms with Gasteiger partial charge in [-0.3, -0.25) is 4.79 Å². The number of carbonyl (C=O) groups is 2. The summed E-state index contributed by atoms with van der Waals surface area (Å²) in [5, 5.41) is 12.5. The van der Waals surface area contributed by atoms with Crippen LogP contribution < -0.4 is 10.1 Å². The first kappa shape index (κ1) is 15.3. The zero-order chi connectivity index (χ0) is 16.6. The summed E-state index contributed by atoms with van der Waals surface area (Å²) in [4.78, 5) is 28.1. The molecule has 120 valence electrons. The highest BCUT2D eigenvalue weighted by Gasteiger charge is 2.27. The monoisotopic (exact) mass is 314 g/mol. The second-order valence-electron chi connectivity index (χ2n) is 5.66. The topological polar surface area (TPSA) is 88.5 Å². The molecule has 0 radical (unpaired) electrons. The van der Waals surface area contributed by atoms with Crippen molar-refractivity contribution < 1.29 is 19.4 Å². The highest BCUT2D eigenvalue weighted by atomic mass is 16.5. The summed E-state index contributed by atoms with van der Waals surface area (Å²) in [6.07, 6.45) is 3.27. The van der Waals surface area contributed by atoms with Crippen LogP contribution >= 0.6 is 0 Å². The number of carboxylic acid groups (broad SMARTS) is 1. The SMILES string of the molecule is CNC(=O)c1c(C2CCC2)ccc2cc(C(=O)O)c(OC)nc12. The Morgan fingerprint density at radius 2 is 2.09 bits per heavy atom. The number of carboxylic acids is 1. The number of hydrogen-bond donors (Lipinski definition) is 2. The highest BCUT2D eigenvalue weighted by Crippen LogP contribution is 2.40. The number of aromatic nitrogens is 1. The average Bonchev–Trinajstić information content (AvgIpc) is 2.50. The van der Waals surface area contributed by atoms with Crippen molar-refractivity contribution in [2.45, 2.75) is 25.2 Å². The van der Waals surface area contributed by atoms with Crippen molar-refractivity contribution in [3.8, 4) is 5.88 Å². The molecule has 3 rings (SSSR count). The summed E-state index contributed by atoms with van der Waals surface area (Å²) in [6, 6.07) is 5.24. The summed E-state index contributed by atoms with van der Waals surface area (Å²) in [7, 11) is 2.95. The lowest BCUT2D eigenvalue weighted by Crippen LogP contribution is -2.23. The fraction of sp³-hybridized carbons (Fsp3) is 0.353. The Balaban J connectivity index is 2.30.